The van der Waals surface area contributed by atoms with Gasteiger partial charge in [0.05, 0.1) is 37.4 Å². The van der Waals surface area contributed by atoms with Crippen LogP contribution >= 0.6 is 27.3 Å². The summed E-state index contributed by atoms with van der Waals surface area (Å²) in [5.74, 6) is -2.30. The van der Waals surface area contributed by atoms with E-state index in [0.717, 1.165) is 11.3 Å². The number of aliphatic carboxylic acids is 1. The van der Waals surface area contributed by atoms with E-state index in [1.54, 1.807) is 48.5 Å². The van der Waals surface area contributed by atoms with Crippen LogP contribution in [0.3, 0.4) is 0 Å². The van der Waals surface area contributed by atoms with Crippen LogP contribution in [0.2, 0.25) is 0 Å². The molecule has 0 fully saturated rings. The number of carboxylic acid groups (broad SMARTS) is 1. The molecule has 0 saturated heterocycles. The summed E-state index contributed by atoms with van der Waals surface area (Å²) in [6.07, 6.45) is 0.846. The van der Waals surface area contributed by atoms with Gasteiger partial charge in [-0.15, -0.1) is 11.3 Å². The summed E-state index contributed by atoms with van der Waals surface area (Å²) in [6, 6.07) is 22.3. The predicted octanol–water partition coefficient (Wildman–Crippen LogP) is 7.21. The summed E-state index contributed by atoms with van der Waals surface area (Å²) < 4.78 is 18.4. The number of fused-ring (bicyclic) bond motifs is 2. The van der Waals surface area contributed by atoms with Crippen LogP contribution in [0.5, 0.6) is 0 Å². The number of aromatic nitrogens is 1. The van der Waals surface area contributed by atoms with Gasteiger partial charge in [-0.2, -0.15) is 0 Å². The second-order valence-electron chi connectivity index (χ2n) is 10.2. The van der Waals surface area contributed by atoms with Crippen LogP contribution in [-0.4, -0.2) is 44.7 Å². The van der Waals surface area contributed by atoms with E-state index in [0.29, 0.717) is 72.5 Å². The number of halogens is 2. The van der Waals surface area contributed by atoms with Gasteiger partial charge in [0.2, 0.25) is 5.78 Å². The number of imide groups is 1. The lowest BCUT2D eigenvalue weighted by atomic mass is 10.1. The zero-order valence-corrected chi connectivity index (χ0v) is 25.1. The van der Waals surface area contributed by atoms with Crippen LogP contribution in [-0.2, 0) is 17.8 Å². The van der Waals surface area contributed by atoms with Gasteiger partial charge in [-0.1, -0.05) is 48.5 Å². The number of ketones is 1. The highest BCUT2D eigenvalue weighted by molar-refractivity contribution is 9.11. The number of aryl methyl sites for hydroxylation is 1. The molecule has 0 spiro atoms. The first kappa shape index (κ1) is 28.7. The molecular weight excluding hydrogens is 635 g/mol. The molecule has 0 atom stereocenters. The molecular formula is C33H24BrFN2O5S. The molecule has 216 valence electrons. The van der Waals surface area contributed by atoms with Gasteiger partial charge in [0, 0.05) is 29.6 Å². The Morgan fingerprint density at radius 3 is 2.19 bits per heavy atom. The van der Waals surface area contributed by atoms with Gasteiger partial charge in [-0.05, 0) is 64.7 Å². The maximum Gasteiger partial charge on any atom is 0.307 e. The molecule has 1 N–H and O–H groups in total. The fraction of sp³-hybridized carbons (Fsp3) is 0.152. The highest BCUT2D eigenvalue weighted by Gasteiger charge is 2.34. The van der Waals surface area contributed by atoms with Crippen molar-refractivity contribution in [3.05, 3.63) is 116 Å². The lowest BCUT2D eigenvalue weighted by molar-refractivity contribution is -0.136. The molecule has 2 aromatic heterocycles. The van der Waals surface area contributed by atoms with E-state index < -0.39 is 11.8 Å². The molecule has 3 heterocycles. The summed E-state index contributed by atoms with van der Waals surface area (Å²) >= 11 is 4.52. The average molecular weight is 660 g/mol. The number of carbonyl (C=O) groups excluding carboxylic acids is 3. The van der Waals surface area contributed by atoms with Gasteiger partial charge in [0.15, 0.2) is 5.82 Å². The SMILES string of the molecule is O=C(O)Cc1cc(C(=O)c2ccc3c(F)c(-c4ccccc4)n(CCCCN4C(=O)c5ccccc5C4=O)c3c2)sc1Br. The predicted molar refractivity (Wildman–Crippen MR) is 165 cm³/mol. The van der Waals surface area contributed by atoms with Crippen molar-refractivity contribution >= 4 is 61.7 Å². The number of hydrogen-bond acceptors (Lipinski definition) is 5. The van der Waals surface area contributed by atoms with Crippen molar-refractivity contribution in [2.45, 2.75) is 25.8 Å². The molecule has 0 radical (unpaired) electrons. The summed E-state index contributed by atoms with van der Waals surface area (Å²) in [6.45, 7) is 0.628. The Balaban J connectivity index is 1.29. The molecule has 3 aromatic carbocycles. The molecule has 6 rings (SSSR count). The molecule has 1 aliphatic rings. The minimum atomic E-state index is -0.997. The molecule has 43 heavy (non-hydrogen) atoms. The third-order valence-corrected chi connectivity index (χ3v) is 9.49. The second kappa shape index (κ2) is 11.7. The Morgan fingerprint density at radius 2 is 1.51 bits per heavy atom. The first-order valence-electron chi connectivity index (χ1n) is 13.6. The van der Waals surface area contributed by atoms with Crippen molar-refractivity contribution in [3.8, 4) is 11.3 Å². The molecule has 1 aliphatic heterocycles. The van der Waals surface area contributed by atoms with E-state index in [2.05, 4.69) is 15.9 Å². The van der Waals surface area contributed by atoms with Gasteiger partial charge in [-0.3, -0.25) is 24.1 Å². The number of amides is 2. The zero-order valence-electron chi connectivity index (χ0n) is 22.7. The van der Waals surface area contributed by atoms with Crippen molar-refractivity contribution in [1.29, 1.82) is 0 Å². The quantitative estimate of drug-likeness (QED) is 0.0972. The maximum absolute atomic E-state index is 16.0. The lowest BCUT2D eigenvalue weighted by Crippen LogP contribution is -2.30. The molecule has 0 bridgehead atoms. The van der Waals surface area contributed by atoms with E-state index in [4.69, 9.17) is 5.11 Å². The van der Waals surface area contributed by atoms with Gasteiger partial charge in [0.1, 0.15) is 0 Å². The number of rotatable bonds is 10. The van der Waals surface area contributed by atoms with E-state index in [1.807, 2.05) is 34.9 Å². The number of carboxylic acids is 1. The van der Waals surface area contributed by atoms with Crippen LogP contribution in [0.25, 0.3) is 22.2 Å². The van der Waals surface area contributed by atoms with Crippen LogP contribution < -0.4 is 0 Å². The molecule has 0 saturated carbocycles. The fourth-order valence-corrected chi connectivity index (χ4v) is 7.13. The second-order valence-corrected chi connectivity index (χ2v) is 12.6. The highest BCUT2D eigenvalue weighted by Crippen LogP contribution is 2.35. The van der Waals surface area contributed by atoms with Gasteiger partial charge in [-0.25, -0.2) is 4.39 Å². The smallest absolute Gasteiger partial charge is 0.307 e. The van der Waals surface area contributed by atoms with Crippen LogP contribution in [0.1, 0.15) is 54.4 Å². The van der Waals surface area contributed by atoms with Crippen LogP contribution in [0, 0.1) is 5.82 Å². The van der Waals surface area contributed by atoms with Crippen molar-refractivity contribution in [2.75, 3.05) is 6.54 Å². The van der Waals surface area contributed by atoms with Crippen LogP contribution in [0.4, 0.5) is 4.39 Å². The minimum absolute atomic E-state index is 0.210. The number of nitrogens with zero attached hydrogens (tertiary/aromatic N) is 2. The molecule has 2 amide bonds. The van der Waals surface area contributed by atoms with Crippen molar-refractivity contribution < 1.29 is 28.7 Å². The Morgan fingerprint density at radius 1 is 0.860 bits per heavy atom. The summed E-state index contributed by atoms with van der Waals surface area (Å²) in [5.41, 5.74) is 3.30. The van der Waals surface area contributed by atoms with E-state index in [9.17, 15) is 19.2 Å². The number of benzene rings is 3. The third kappa shape index (κ3) is 5.32. The standard InChI is InChI=1S/C33H24BrFN2O5S/c34-31-21(18-27(38)39)17-26(43-31)30(40)20-12-13-24-25(16-20)36(29(28(24)35)19-8-2-1-3-9-19)14-6-7-15-37-32(41)22-10-4-5-11-23(22)33(37)42/h1-5,8-13,16-17H,6-7,14-15,18H2,(H,38,39). The Kier molecular flexibility index (Phi) is 7.81. The zero-order chi connectivity index (χ0) is 30.2. The summed E-state index contributed by atoms with van der Waals surface area (Å²) in [4.78, 5) is 51.8. The first-order chi connectivity index (χ1) is 20.7. The van der Waals surface area contributed by atoms with Gasteiger partial charge in [0.25, 0.3) is 11.8 Å². The largest absolute Gasteiger partial charge is 0.481 e. The number of hydrogen-bond donors (Lipinski definition) is 1. The Bertz CT molecular complexity index is 1900. The Labute approximate surface area is 258 Å². The maximum atomic E-state index is 16.0. The number of unbranched alkanes of at least 4 members (excludes halogenated alkanes) is 1. The lowest BCUT2D eigenvalue weighted by Gasteiger charge is -2.15. The van der Waals surface area contributed by atoms with Crippen molar-refractivity contribution in [2.24, 2.45) is 0 Å². The summed E-state index contributed by atoms with van der Waals surface area (Å²) in [7, 11) is 0. The van der Waals surface area contributed by atoms with Gasteiger partial charge >= 0.3 is 5.97 Å². The molecule has 10 heteroatoms. The van der Waals surface area contributed by atoms with Crippen molar-refractivity contribution in [3.63, 3.8) is 0 Å². The highest BCUT2D eigenvalue weighted by atomic mass is 79.9. The monoisotopic (exact) mass is 658 g/mol. The number of carbonyl (C=O) groups is 4. The topological polar surface area (TPSA) is 96.7 Å². The molecule has 0 aliphatic carbocycles. The van der Waals surface area contributed by atoms with Crippen molar-refractivity contribution in [1.82, 2.24) is 9.47 Å². The summed E-state index contributed by atoms with van der Waals surface area (Å²) in [5, 5.41) is 9.54. The van der Waals surface area contributed by atoms with E-state index in [1.165, 1.54) is 4.90 Å². The first-order valence-corrected chi connectivity index (χ1v) is 15.2. The van der Waals surface area contributed by atoms with E-state index >= 15 is 4.39 Å². The molecule has 5 aromatic rings. The van der Waals surface area contributed by atoms with Crippen LogP contribution in [0.15, 0.2) is 82.6 Å². The van der Waals surface area contributed by atoms with Gasteiger partial charge < -0.3 is 9.67 Å². The normalized spacial score (nSPS) is 12.7. The molecule has 7 nitrogen and oxygen atoms in total. The van der Waals surface area contributed by atoms with E-state index in [-0.39, 0.29) is 30.6 Å². The fourth-order valence-electron chi connectivity index (χ4n) is 5.49. The molecule has 0 unspecified atom stereocenters. The Hall–Kier alpha value is -4.41. The third-order valence-electron chi connectivity index (χ3n) is 7.53. The number of thiophene rings is 1. The average Bonchev–Trinajstić information content (AvgIpc) is 3.59. The minimum Gasteiger partial charge on any atom is -0.481 e.